The number of alkyl halides is 1. The lowest BCUT2D eigenvalue weighted by Gasteiger charge is -2.24. The van der Waals surface area contributed by atoms with Crippen molar-refractivity contribution in [3.8, 4) is 0 Å². The zero-order valence-electron chi connectivity index (χ0n) is 7.09. The van der Waals surface area contributed by atoms with Crippen LogP contribution in [0.4, 0.5) is 0 Å². The first kappa shape index (κ1) is 8.06. The van der Waals surface area contributed by atoms with Gasteiger partial charge in [0.15, 0.2) is 0 Å². The largest absolute Gasteiger partial charge is 0.299 e. The predicted octanol–water partition coefficient (Wildman–Crippen LogP) is 2.40. The highest BCUT2D eigenvalue weighted by molar-refractivity contribution is 9.09. The molecule has 2 aliphatic heterocycles. The van der Waals surface area contributed by atoms with E-state index in [1.807, 2.05) is 0 Å². The first-order chi connectivity index (χ1) is 5.29. The Morgan fingerprint density at radius 1 is 1.18 bits per heavy atom. The van der Waals surface area contributed by atoms with Gasteiger partial charge in [-0.15, -0.1) is 0 Å². The fourth-order valence-corrected chi connectivity index (χ4v) is 3.53. The van der Waals surface area contributed by atoms with Crippen molar-refractivity contribution >= 4 is 15.9 Å². The maximum atomic E-state index is 3.79. The molecule has 3 unspecified atom stereocenters. The second-order valence-corrected chi connectivity index (χ2v) is 5.09. The lowest BCUT2D eigenvalue weighted by molar-refractivity contribution is 0.248. The van der Waals surface area contributed by atoms with Crippen LogP contribution in [0.2, 0.25) is 0 Å². The van der Waals surface area contributed by atoms with E-state index in [1.165, 1.54) is 32.1 Å². The molecule has 64 valence electrons. The third kappa shape index (κ3) is 1.35. The lowest BCUT2D eigenvalue weighted by Crippen LogP contribution is -2.35. The molecule has 1 nitrogen and oxygen atoms in total. The van der Waals surface area contributed by atoms with Crippen molar-refractivity contribution in [3.05, 3.63) is 0 Å². The Morgan fingerprint density at radius 2 is 2.00 bits per heavy atom. The molecule has 2 rings (SSSR count). The molecule has 0 spiro atoms. The molecule has 0 saturated carbocycles. The van der Waals surface area contributed by atoms with Crippen LogP contribution in [0.5, 0.6) is 0 Å². The normalized spacial score (nSPS) is 45.8. The molecule has 0 aromatic carbocycles. The first-order valence-corrected chi connectivity index (χ1v) is 5.56. The number of halogens is 1. The molecule has 2 heteroatoms. The van der Waals surface area contributed by atoms with Gasteiger partial charge in [0.2, 0.25) is 0 Å². The summed E-state index contributed by atoms with van der Waals surface area (Å²) in [6.07, 6.45) is 7.07. The summed E-state index contributed by atoms with van der Waals surface area (Å²) in [6.45, 7) is 0. The van der Waals surface area contributed by atoms with E-state index in [0.29, 0.717) is 0 Å². The van der Waals surface area contributed by atoms with E-state index in [4.69, 9.17) is 0 Å². The van der Waals surface area contributed by atoms with Gasteiger partial charge in [0.25, 0.3) is 0 Å². The fourth-order valence-electron chi connectivity index (χ4n) is 2.57. The van der Waals surface area contributed by atoms with Gasteiger partial charge in [0.05, 0.1) is 0 Å². The van der Waals surface area contributed by atoms with Crippen molar-refractivity contribution in [2.75, 3.05) is 7.05 Å². The Kier molecular flexibility index (Phi) is 2.24. The van der Waals surface area contributed by atoms with Gasteiger partial charge in [-0.05, 0) is 32.7 Å². The van der Waals surface area contributed by atoms with E-state index in [1.54, 1.807) is 0 Å². The van der Waals surface area contributed by atoms with Crippen LogP contribution in [-0.2, 0) is 0 Å². The van der Waals surface area contributed by atoms with Crippen LogP contribution in [0.3, 0.4) is 0 Å². The first-order valence-electron chi connectivity index (χ1n) is 4.65. The molecule has 0 aromatic heterocycles. The molecule has 0 aliphatic carbocycles. The zero-order chi connectivity index (χ0) is 7.84. The average Bonchev–Trinajstić information content (AvgIpc) is 2.23. The van der Waals surface area contributed by atoms with E-state index in [0.717, 1.165) is 16.9 Å². The predicted molar refractivity (Wildman–Crippen MR) is 51.1 cm³/mol. The molecule has 11 heavy (non-hydrogen) atoms. The second-order valence-electron chi connectivity index (χ2n) is 3.91. The van der Waals surface area contributed by atoms with Gasteiger partial charge in [0.1, 0.15) is 0 Å². The second kappa shape index (κ2) is 3.06. The van der Waals surface area contributed by atoms with Crippen LogP contribution >= 0.6 is 15.9 Å². The third-order valence-electron chi connectivity index (χ3n) is 3.33. The van der Waals surface area contributed by atoms with Crippen LogP contribution in [-0.4, -0.2) is 28.9 Å². The summed E-state index contributed by atoms with van der Waals surface area (Å²) in [7, 11) is 2.29. The van der Waals surface area contributed by atoms with E-state index < -0.39 is 0 Å². The number of hydrogen-bond donors (Lipinski definition) is 0. The van der Waals surface area contributed by atoms with E-state index in [2.05, 4.69) is 27.9 Å². The highest BCUT2D eigenvalue weighted by Crippen LogP contribution is 2.35. The Balaban J connectivity index is 2.12. The number of nitrogens with zero attached hydrogens (tertiary/aromatic N) is 1. The number of fused-ring (bicyclic) bond motifs is 2. The Bertz CT molecular complexity index is 148. The molecular weight excluding hydrogens is 202 g/mol. The SMILES string of the molecule is CN1C2CCCC(Br)C1CC2. The maximum Gasteiger partial charge on any atom is 0.0301 e. The molecule has 2 saturated heterocycles. The van der Waals surface area contributed by atoms with Gasteiger partial charge in [-0.3, -0.25) is 4.90 Å². The van der Waals surface area contributed by atoms with Gasteiger partial charge in [-0.2, -0.15) is 0 Å². The molecule has 0 amide bonds. The minimum absolute atomic E-state index is 0.764. The molecule has 2 fully saturated rings. The Labute approximate surface area is 77.3 Å². The number of rotatable bonds is 0. The van der Waals surface area contributed by atoms with Crippen molar-refractivity contribution in [1.29, 1.82) is 0 Å². The van der Waals surface area contributed by atoms with Gasteiger partial charge >= 0.3 is 0 Å². The summed E-state index contributed by atoms with van der Waals surface area (Å²) in [5.74, 6) is 0. The van der Waals surface area contributed by atoms with Crippen LogP contribution < -0.4 is 0 Å². The molecule has 2 aliphatic rings. The molecule has 0 N–H and O–H groups in total. The van der Waals surface area contributed by atoms with Gasteiger partial charge in [0, 0.05) is 16.9 Å². The monoisotopic (exact) mass is 217 g/mol. The molecular formula is C9H16BrN. The van der Waals surface area contributed by atoms with E-state index >= 15 is 0 Å². The topological polar surface area (TPSA) is 3.24 Å². The smallest absolute Gasteiger partial charge is 0.0301 e. The van der Waals surface area contributed by atoms with Crippen LogP contribution in [0.25, 0.3) is 0 Å². The molecule has 0 aromatic rings. The Morgan fingerprint density at radius 3 is 2.82 bits per heavy atom. The average molecular weight is 218 g/mol. The summed E-state index contributed by atoms with van der Waals surface area (Å²) in [6, 6.07) is 1.74. The van der Waals surface area contributed by atoms with Gasteiger partial charge in [-0.1, -0.05) is 22.4 Å². The molecule has 2 heterocycles. The summed E-state index contributed by atoms with van der Waals surface area (Å²) in [5.41, 5.74) is 0. The lowest BCUT2D eigenvalue weighted by atomic mass is 10.0. The van der Waals surface area contributed by atoms with Crippen LogP contribution in [0, 0.1) is 0 Å². The van der Waals surface area contributed by atoms with Crippen molar-refractivity contribution in [1.82, 2.24) is 4.90 Å². The van der Waals surface area contributed by atoms with Crippen molar-refractivity contribution in [2.45, 2.75) is 49.0 Å². The van der Waals surface area contributed by atoms with Crippen molar-refractivity contribution in [3.63, 3.8) is 0 Å². The fraction of sp³-hybridized carbons (Fsp3) is 1.00. The van der Waals surface area contributed by atoms with Crippen molar-refractivity contribution in [2.24, 2.45) is 0 Å². The minimum atomic E-state index is 0.764. The molecule has 2 bridgehead atoms. The Hall–Kier alpha value is 0.440. The summed E-state index contributed by atoms with van der Waals surface area (Å²) in [4.78, 5) is 3.35. The minimum Gasteiger partial charge on any atom is -0.299 e. The quantitative estimate of drug-likeness (QED) is 0.564. The van der Waals surface area contributed by atoms with Crippen LogP contribution in [0.15, 0.2) is 0 Å². The molecule has 3 atom stereocenters. The standard InChI is InChI=1S/C9H16BrN/c1-11-7-3-2-4-8(10)9(11)6-5-7/h7-9H,2-6H2,1H3. The highest BCUT2D eigenvalue weighted by atomic mass is 79.9. The van der Waals surface area contributed by atoms with Crippen molar-refractivity contribution < 1.29 is 0 Å². The summed E-state index contributed by atoms with van der Waals surface area (Å²) >= 11 is 3.79. The van der Waals surface area contributed by atoms with E-state index in [-0.39, 0.29) is 0 Å². The molecule has 0 radical (unpaired) electrons. The van der Waals surface area contributed by atoms with Gasteiger partial charge < -0.3 is 0 Å². The summed E-state index contributed by atoms with van der Waals surface area (Å²) < 4.78 is 0. The third-order valence-corrected chi connectivity index (χ3v) is 4.40. The zero-order valence-corrected chi connectivity index (χ0v) is 8.68. The highest BCUT2D eigenvalue weighted by Gasteiger charge is 2.36. The van der Waals surface area contributed by atoms with Crippen LogP contribution in [0.1, 0.15) is 32.1 Å². The van der Waals surface area contributed by atoms with Gasteiger partial charge in [-0.25, -0.2) is 0 Å². The summed E-state index contributed by atoms with van der Waals surface area (Å²) in [5, 5.41) is 0. The number of hydrogen-bond acceptors (Lipinski definition) is 1. The van der Waals surface area contributed by atoms with E-state index in [9.17, 15) is 0 Å². The maximum absolute atomic E-state index is 3.79.